The first-order valence-corrected chi connectivity index (χ1v) is 12.0. The molecule has 1 aromatic carbocycles. The molecule has 1 saturated carbocycles. The largest absolute Gasteiger partial charge is 0.494 e. The predicted molar refractivity (Wildman–Crippen MR) is 127 cm³/mol. The van der Waals surface area contributed by atoms with E-state index >= 15 is 0 Å². The van der Waals surface area contributed by atoms with E-state index in [1.54, 1.807) is 25.1 Å². The van der Waals surface area contributed by atoms with E-state index in [0.29, 0.717) is 42.1 Å². The van der Waals surface area contributed by atoms with Gasteiger partial charge in [-0.1, -0.05) is 11.2 Å². The molecule has 4 rings (SSSR count). The summed E-state index contributed by atoms with van der Waals surface area (Å²) in [5.41, 5.74) is 5.41. The third kappa shape index (κ3) is 6.32. The molecular weight excluding hydrogens is 453 g/mol. The SMILES string of the molecule is CCONC1CCC(C2CC(c3cc(C(=O)NCc4ccc(F)c(OC)c4)nc(C)n3)=NO2)CC1. The van der Waals surface area contributed by atoms with Crippen LogP contribution in [0.2, 0.25) is 0 Å². The smallest absolute Gasteiger partial charge is 0.270 e. The van der Waals surface area contributed by atoms with Gasteiger partial charge in [0, 0.05) is 19.0 Å². The van der Waals surface area contributed by atoms with Crippen molar-refractivity contribution in [1.82, 2.24) is 20.8 Å². The second kappa shape index (κ2) is 11.5. The third-order valence-electron chi connectivity index (χ3n) is 6.42. The summed E-state index contributed by atoms with van der Waals surface area (Å²) in [6, 6.07) is 6.48. The summed E-state index contributed by atoms with van der Waals surface area (Å²) in [6.07, 6.45) is 4.83. The highest BCUT2D eigenvalue weighted by Crippen LogP contribution is 2.33. The van der Waals surface area contributed by atoms with Crippen LogP contribution in [0.5, 0.6) is 5.75 Å². The Morgan fingerprint density at radius 3 is 2.74 bits per heavy atom. The van der Waals surface area contributed by atoms with Crippen molar-refractivity contribution >= 4 is 11.6 Å². The number of ether oxygens (including phenoxy) is 1. The molecule has 0 saturated heterocycles. The number of carbonyl (C=O) groups is 1. The molecule has 1 fully saturated rings. The zero-order valence-corrected chi connectivity index (χ0v) is 20.3. The second-order valence-electron chi connectivity index (χ2n) is 8.89. The van der Waals surface area contributed by atoms with Crippen LogP contribution in [0, 0.1) is 18.7 Å². The second-order valence-corrected chi connectivity index (χ2v) is 8.89. The minimum Gasteiger partial charge on any atom is -0.494 e. The Balaban J connectivity index is 1.35. The van der Waals surface area contributed by atoms with Crippen LogP contribution in [0.3, 0.4) is 0 Å². The molecule has 2 heterocycles. The van der Waals surface area contributed by atoms with Gasteiger partial charge in [-0.3, -0.25) is 4.79 Å². The first-order chi connectivity index (χ1) is 17.0. The topological polar surface area (TPSA) is 107 Å². The van der Waals surface area contributed by atoms with E-state index in [-0.39, 0.29) is 30.0 Å². The zero-order valence-electron chi connectivity index (χ0n) is 20.3. The number of aromatic nitrogens is 2. The summed E-state index contributed by atoms with van der Waals surface area (Å²) in [4.78, 5) is 32.7. The number of nitrogens with zero attached hydrogens (tertiary/aromatic N) is 3. The summed E-state index contributed by atoms with van der Waals surface area (Å²) < 4.78 is 18.6. The van der Waals surface area contributed by atoms with Crippen molar-refractivity contribution < 1.29 is 23.6 Å². The van der Waals surface area contributed by atoms with E-state index in [9.17, 15) is 9.18 Å². The van der Waals surface area contributed by atoms with Crippen molar-refractivity contribution in [3.63, 3.8) is 0 Å². The number of methoxy groups -OCH3 is 1. The van der Waals surface area contributed by atoms with Gasteiger partial charge >= 0.3 is 0 Å². The molecule has 0 spiro atoms. The van der Waals surface area contributed by atoms with Gasteiger partial charge in [-0.05, 0) is 69.2 Å². The van der Waals surface area contributed by atoms with Crippen LogP contribution >= 0.6 is 0 Å². The quantitative estimate of drug-likeness (QED) is 0.524. The average Bonchev–Trinajstić information content (AvgIpc) is 3.37. The number of benzene rings is 1. The molecule has 1 aliphatic heterocycles. The fourth-order valence-corrected chi connectivity index (χ4v) is 4.53. The van der Waals surface area contributed by atoms with Crippen LogP contribution in [0.4, 0.5) is 4.39 Å². The molecule has 2 aliphatic rings. The zero-order chi connectivity index (χ0) is 24.8. The van der Waals surface area contributed by atoms with Gasteiger partial charge < -0.3 is 19.7 Å². The predicted octanol–water partition coefficient (Wildman–Crippen LogP) is 3.46. The first kappa shape index (κ1) is 25.0. The standard InChI is InChI=1S/C25H32FN5O4/c1-4-34-30-18-8-6-17(7-9-18)23-13-21(31-35-23)20-12-22(29-15(2)28-20)25(32)27-14-16-5-10-19(26)24(11-16)33-3/h5,10-12,17-18,23,30H,4,6-9,13-14H2,1-3H3,(H,27,32). The van der Waals surface area contributed by atoms with Crippen LogP contribution in [0.15, 0.2) is 29.4 Å². The van der Waals surface area contributed by atoms with E-state index in [1.165, 1.54) is 13.2 Å². The Bertz CT molecular complexity index is 1070. The summed E-state index contributed by atoms with van der Waals surface area (Å²) in [7, 11) is 1.40. The normalized spacial score (nSPS) is 21.8. The van der Waals surface area contributed by atoms with Crippen LogP contribution in [-0.4, -0.2) is 47.4 Å². The molecule has 9 nitrogen and oxygen atoms in total. The van der Waals surface area contributed by atoms with Crippen LogP contribution in [0.1, 0.15) is 66.6 Å². The number of hydroxylamine groups is 1. The lowest BCUT2D eigenvalue weighted by Crippen LogP contribution is -2.36. The number of carbonyl (C=O) groups excluding carboxylic acids is 1. The molecule has 0 bridgehead atoms. The van der Waals surface area contributed by atoms with Crippen molar-refractivity contribution in [2.45, 2.75) is 64.6 Å². The van der Waals surface area contributed by atoms with Crippen molar-refractivity contribution in [2.24, 2.45) is 11.1 Å². The molecule has 1 atom stereocenters. The van der Waals surface area contributed by atoms with Crippen molar-refractivity contribution in [3.8, 4) is 5.75 Å². The molecule has 0 radical (unpaired) electrons. The Morgan fingerprint density at radius 2 is 2.00 bits per heavy atom. The third-order valence-corrected chi connectivity index (χ3v) is 6.42. The molecule has 1 aliphatic carbocycles. The van der Waals surface area contributed by atoms with Crippen LogP contribution < -0.4 is 15.5 Å². The number of amides is 1. The minimum atomic E-state index is -0.452. The van der Waals surface area contributed by atoms with E-state index in [0.717, 1.165) is 31.4 Å². The lowest BCUT2D eigenvalue weighted by Gasteiger charge is -2.30. The summed E-state index contributed by atoms with van der Waals surface area (Å²) in [6.45, 7) is 4.57. The van der Waals surface area contributed by atoms with E-state index in [2.05, 4.69) is 25.9 Å². The van der Waals surface area contributed by atoms with Gasteiger partial charge in [-0.2, -0.15) is 5.48 Å². The molecule has 2 N–H and O–H groups in total. The first-order valence-electron chi connectivity index (χ1n) is 12.0. The molecular formula is C25H32FN5O4. The summed E-state index contributed by atoms with van der Waals surface area (Å²) in [5, 5.41) is 7.11. The van der Waals surface area contributed by atoms with Gasteiger partial charge in [0.2, 0.25) is 0 Å². The molecule has 2 aromatic rings. The average molecular weight is 486 g/mol. The molecule has 1 amide bonds. The molecule has 188 valence electrons. The van der Waals surface area contributed by atoms with Gasteiger partial charge in [-0.25, -0.2) is 14.4 Å². The van der Waals surface area contributed by atoms with Gasteiger partial charge in [0.25, 0.3) is 5.91 Å². The number of rotatable bonds is 9. The Morgan fingerprint density at radius 1 is 1.20 bits per heavy atom. The van der Waals surface area contributed by atoms with Crippen molar-refractivity contribution in [1.29, 1.82) is 0 Å². The van der Waals surface area contributed by atoms with E-state index < -0.39 is 5.82 Å². The molecule has 1 unspecified atom stereocenters. The maximum absolute atomic E-state index is 13.6. The minimum absolute atomic E-state index is 0.0130. The van der Waals surface area contributed by atoms with Crippen LogP contribution in [-0.2, 0) is 16.2 Å². The fraction of sp³-hybridized carbons (Fsp3) is 0.520. The van der Waals surface area contributed by atoms with E-state index in [4.69, 9.17) is 14.4 Å². The Kier molecular flexibility index (Phi) is 8.25. The van der Waals surface area contributed by atoms with Gasteiger partial charge in [0.05, 0.1) is 19.4 Å². The molecule has 1 aromatic heterocycles. The highest BCUT2D eigenvalue weighted by molar-refractivity contribution is 6.01. The molecule has 35 heavy (non-hydrogen) atoms. The lowest BCUT2D eigenvalue weighted by molar-refractivity contribution is -0.0111. The van der Waals surface area contributed by atoms with Crippen molar-refractivity contribution in [3.05, 3.63) is 52.9 Å². The van der Waals surface area contributed by atoms with E-state index in [1.807, 2.05) is 6.92 Å². The number of aryl methyl sites for hydroxylation is 1. The fourth-order valence-electron chi connectivity index (χ4n) is 4.53. The maximum atomic E-state index is 13.6. The number of nitrogens with one attached hydrogen (secondary N) is 2. The van der Waals surface area contributed by atoms with Gasteiger partial charge in [0.15, 0.2) is 11.6 Å². The number of hydrogen-bond acceptors (Lipinski definition) is 8. The summed E-state index contributed by atoms with van der Waals surface area (Å²) >= 11 is 0. The van der Waals surface area contributed by atoms with Crippen molar-refractivity contribution in [2.75, 3.05) is 13.7 Å². The number of oxime groups is 1. The van der Waals surface area contributed by atoms with Gasteiger partial charge in [-0.15, -0.1) is 0 Å². The number of hydrogen-bond donors (Lipinski definition) is 2. The van der Waals surface area contributed by atoms with Gasteiger partial charge in [0.1, 0.15) is 23.3 Å². The molecule has 10 heteroatoms. The highest BCUT2D eigenvalue weighted by Gasteiger charge is 2.34. The Hall–Kier alpha value is -3.11. The van der Waals surface area contributed by atoms with Crippen LogP contribution in [0.25, 0.3) is 0 Å². The lowest BCUT2D eigenvalue weighted by atomic mass is 9.81. The Labute approximate surface area is 204 Å². The summed E-state index contributed by atoms with van der Waals surface area (Å²) in [5.74, 6) is 0.229. The number of halogens is 1. The maximum Gasteiger partial charge on any atom is 0.270 e. The monoisotopic (exact) mass is 485 g/mol. The highest BCUT2D eigenvalue weighted by atomic mass is 19.1.